The molecule has 148 valence electrons. The van der Waals surface area contributed by atoms with E-state index in [0.29, 0.717) is 30.2 Å². The Morgan fingerprint density at radius 1 is 1.21 bits per heavy atom. The summed E-state index contributed by atoms with van der Waals surface area (Å²) in [6.45, 7) is 6.37. The number of nitrogens with one attached hydrogen (secondary N) is 1. The van der Waals surface area contributed by atoms with Gasteiger partial charge in [0.2, 0.25) is 5.88 Å². The van der Waals surface area contributed by atoms with Crippen LogP contribution in [0.4, 0.5) is 4.79 Å². The summed E-state index contributed by atoms with van der Waals surface area (Å²) >= 11 is 0. The van der Waals surface area contributed by atoms with Crippen LogP contribution in [0, 0.1) is 0 Å². The zero-order valence-electron chi connectivity index (χ0n) is 15.9. The van der Waals surface area contributed by atoms with Crippen molar-refractivity contribution in [3.8, 4) is 17.1 Å². The predicted octanol–water partition coefficient (Wildman–Crippen LogP) is 1.14. The van der Waals surface area contributed by atoms with E-state index >= 15 is 0 Å². The second-order valence-corrected chi connectivity index (χ2v) is 7.27. The highest BCUT2D eigenvalue weighted by atomic mass is 16.6. The molecule has 2 amide bonds. The van der Waals surface area contributed by atoms with Gasteiger partial charge in [-0.1, -0.05) is 0 Å². The fourth-order valence-electron chi connectivity index (χ4n) is 2.45. The summed E-state index contributed by atoms with van der Waals surface area (Å²) in [6.07, 6.45) is 3.94. The maximum absolute atomic E-state index is 11.9. The van der Waals surface area contributed by atoms with Crippen molar-refractivity contribution >= 4 is 12.0 Å². The molecular formula is C18H22N6O4. The fraction of sp³-hybridized carbons (Fsp3) is 0.389. The molecule has 1 saturated heterocycles. The zero-order chi connectivity index (χ0) is 20.3. The van der Waals surface area contributed by atoms with Gasteiger partial charge >= 0.3 is 6.09 Å². The number of carbonyl (C=O) groups excluding carboxylic acids is 2. The van der Waals surface area contributed by atoms with Crippen LogP contribution in [-0.4, -0.2) is 56.6 Å². The molecule has 1 aliphatic rings. The molecule has 3 heterocycles. The summed E-state index contributed by atoms with van der Waals surface area (Å²) in [5, 5.41) is 0. The molecule has 0 unspecified atom stereocenters. The molecule has 28 heavy (non-hydrogen) atoms. The minimum Gasteiger partial charge on any atom is -0.471 e. The highest BCUT2D eigenvalue weighted by molar-refractivity contribution is 5.91. The van der Waals surface area contributed by atoms with Gasteiger partial charge in [-0.15, -0.1) is 0 Å². The summed E-state index contributed by atoms with van der Waals surface area (Å²) in [6, 6.07) is 3.46. The number of rotatable bonds is 4. The summed E-state index contributed by atoms with van der Waals surface area (Å²) in [7, 11) is 0. The molecule has 2 aromatic heterocycles. The molecular weight excluding hydrogens is 364 g/mol. The number of hydrazine groups is 1. The van der Waals surface area contributed by atoms with Gasteiger partial charge in [-0.25, -0.2) is 20.6 Å². The van der Waals surface area contributed by atoms with Gasteiger partial charge in [-0.3, -0.25) is 15.2 Å². The van der Waals surface area contributed by atoms with Crippen molar-refractivity contribution in [2.24, 2.45) is 5.84 Å². The van der Waals surface area contributed by atoms with Crippen LogP contribution in [0.3, 0.4) is 0 Å². The lowest BCUT2D eigenvalue weighted by Crippen LogP contribution is -2.57. The number of nitrogen functional groups attached to an aromatic ring is 1. The minimum absolute atomic E-state index is 0.108. The van der Waals surface area contributed by atoms with E-state index in [-0.39, 0.29) is 17.9 Å². The third-order valence-corrected chi connectivity index (χ3v) is 3.82. The standard InChI is InChI=1S/C18H22N6O4/c1-18(2,3)28-17(26)24-9-12(10-24)27-15-5-4-11(6-21-15)13-7-20-8-14(22-13)16(25)23-19/h4-8,12H,9-10,19H2,1-3H3,(H,23,25). The van der Waals surface area contributed by atoms with Crippen molar-refractivity contribution in [2.45, 2.75) is 32.5 Å². The molecule has 0 atom stereocenters. The second kappa shape index (κ2) is 7.77. The molecule has 1 fully saturated rings. The Balaban J connectivity index is 1.56. The zero-order valence-corrected chi connectivity index (χ0v) is 15.9. The molecule has 10 heteroatoms. The van der Waals surface area contributed by atoms with Crippen LogP contribution in [0.25, 0.3) is 11.3 Å². The molecule has 0 aromatic carbocycles. The van der Waals surface area contributed by atoms with Gasteiger partial charge in [0, 0.05) is 17.8 Å². The number of carbonyl (C=O) groups is 2. The topological polar surface area (TPSA) is 133 Å². The first kappa shape index (κ1) is 19.5. The summed E-state index contributed by atoms with van der Waals surface area (Å²) in [5.74, 6) is 5.01. The maximum Gasteiger partial charge on any atom is 0.410 e. The van der Waals surface area contributed by atoms with Crippen molar-refractivity contribution in [1.29, 1.82) is 0 Å². The average Bonchev–Trinajstić information content (AvgIpc) is 2.62. The Hall–Kier alpha value is -3.27. The third-order valence-electron chi connectivity index (χ3n) is 3.82. The van der Waals surface area contributed by atoms with Crippen LogP contribution in [0.2, 0.25) is 0 Å². The van der Waals surface area contributed by atoms with Crippen LogP contribution in [0.15, 0.2) is 30.7 Å². The lowest BCUT2D eigenvalue weighted by Gasteiger charge is -2.39. The summed E-state index contributed by atoms with van der Waals surface area (Å²) < 4.78 is 11.1. The largest absolute Gasteiger partial charge is 0.471 e. The molecule has 0 bridgehead atoms. The Morgan fingerprint density at radius 3 is 2.57 bits per heavy atom. The van der Waals surface area contributed by atoms with Crippen molar-refractivity contribution in [3.05, 3.63) is 36.4 Å². The van der Waals surface area contributed by atoms with Crippen LogP contribution in [0.1, 0.15) is 31.3 Å². The van der Waals surface area contributed by atoms with Gasteiger partial charge in [0.15, 0.2) is 0 Å². The highest BCUT2D eigenvalue weighted by Gasteiger charge is 2.35. The lowest BCUT2D eigenvalue weighted by molar-refractivity contribution is -0.0232. The average molecular weight is 386 g/mol. The third kappa shape index (κ3) is 4.71. The normalized spacial score (nSPS) is 14.2. The number of nitrogens with two attached hydrogens (primary N) is 1. The van der Waals surface area contributed by atoms with Gasteiger partial charge in [0.1, 0.15) is 17.4 Å². The molecule has 0 radical (unpaired) electrons. The Bertz CT molecular complexity index is 859. The lowest BCUT2D eigenvalue weighted by atomic mass is 10.1. The van der Waals surface area contributed by atoms with Gasteiger partial charge in [0.25, 0.3) is 5.91 Å². The summed E-state index contributed by atoms with van der Waals surface area (Å²) in [5.41, 5.74) is 2.76. The number of amides is 2. The maximum atomic E-state index is 11.9. The first-order valence-corrected chi connectivity index (χ1v) is 8.69. The van der Waals surface area contributed by atoms with Crippen LogP contribution >= 0.6 is 0 Å². The van der Waals surface area contributed by atoms with Crippen molar-refractivity contribution < 1.29 is 19.1 Å². The number of aromatic nitrogens is 3. The number of ether oxygens (including phenoxy) is 2. The second-order valence-electron chi connectivity index (χ2n) is 7.27. The quantitative estimate of drug-likeness (QED) is 0.454. The van der Waals surface area contributed by atoms with Gasteiger partial charge in [-0.05, 0) is 26.8 Å². The van der Waals surface area contributed by atoms with E-state index in [1.54, 1.807) is 23.2 Å². The van der Waals surface area contributed by atoms with Crippen LogP contribution < -0.4 is 16.0 Å². The van der Waals surface area contributed by atoms with Crippen LogP contribution in [-0.2, 0) is 4.74 Å². The monoisotopic (exact) mass is 386 g/mol. The van der Waals surface area contributed by atoms with Gasteiger partial charge in [0.05, 0.1) is 31.2 Å². The van der Waals surface area contributed by atoms with Crippen LogP contribution in [0.5, 0.6) is 5.88 Å². The number of pyridine rings is 1. The first-order chi connectivity index (χ1) is 13.2. The van der Waals surface area contributed by atoms with E-state index < -0.39 is 11.5 Å². The predicted molar refractivity (Wildman–Crippen MR) is 99.1 cm³/mol. The van der Waals surface area contributed by atoms with E-state index in [9.17, 15) is 9.59 Å². The Kier molecular flexibility index (Phi) is 5.41. The van der Waals surface area contributed by atoms with Crippen molar-refractivity contribution in [1.82, 2.24) is 25.3 Å². The number of nitrogens with zero attached hydrogens (tertiary/aromatic N) is 4. The molecule has 0 aliphatic carbocycles. The van der Waals surface area contributed by atoms with E-state index in [1.165, 1.54) is 12.4 Å². The number of likely N-dealkylation sites (tertiary alicyclic amines) is 1. The molecule has 0 saturated carbocycles. The molecule has 3 rings (SSSR count). The SMILES string of the molecule is CC(C)(C)OC(=O)N1CC(Oc2ccc(-c3cncc(C(=O)NN)n3)cn2)C1. The van der Waals surface area contributed by atoms with E-state index in [4.69, 9.17) is 15.3 Å². The van der Waals surface area contributed by atoms with E-state index in [0.717, 1.165) is 0 Å². The Labute approximate surface area is 162 Å². The highest BCUT2D eigenvalue weighted by Crippen LogP contribution is 2.22. The van der Waals surface area contributed by atoms with Crippen molar-refractivity contribution in [2.75, 3.05) is 13.1 Å². The molecule has 0 spiro atoms. The van der Waals surface area contributed by atoms with Gasteiger partial charge in [-0.2, -0.15) is 0 Å². The van der Waals surface area contributed by atoms with Gasteiger partial charge < -0.3 is 14.4 Å². The first-order valence-electron chi connectivity index (χ1n) is 8.69. The summed E-state index contributed by atoms with van der Waals surface area (Å²) in [4.78, 5) is 37.5. The molecule has 2 aromatic rings. The smallest absolute Gasteiger partial charge is 0.410 e. The minimum atomic E-state index is -0.526. The number of hydrogen-bond acceptors (Lipinski definition) is 8. The van der Waals surface area contributed by atoms with Crippen molar-refractivity contribution in [3.63, 3.8) is 0 Å². The molecule has 1 aliphatic heterocycles. The molecule has 10 nitrogen and oxygen atoms in total. The van der Waals surface area contributed by atoms with E-state index in [1.807, 2.05) is 26.2 Å². The fourth-order valence-corrected chi connectivity index (χ4v) is 2.45. The van der Waals surface area contributed by atoms with E-state index in [2.05, 4.69) is 15.0 Å². The number of hydrogen-bond donors (Lipinski definition) is 2. The molecule has 3 N–H and O–H groups in total. The Morgan fingerprint density at radius 2 is 1.96 bits per heavy atom.